The maximum absolute atomic E-state index is 5.40. The summed E-state index contributed by atoms with van der Waals surface area (Å²) in [5.41, 5.74) is 5.31. The first-order chi connectivity index (χ1) is 21.7. The molecule has 9 aromatic rings. The number of fused-ring (bicyclic) bond motifs is 13. The van der Waals surface area contributed by atoms with Gasteiger partial charge >= 0.3 is 0 Å². The molecular weight excluding hydrogens is 575 g/mol. The second-order valence-corrected chi connectivity index (χ2v) is 13.1. The standard InChI is InChI=1S/C39H25N3S2/c1-3-4-5-14-23(2)34-38-35(28-19-10-13-22-31(28)44-38)41-39(40-34)42-29-20-11-8-17-26(29)32-24-15-6-7-16-25(24)33-27-18-9-12-21-30(27)43-37(33)36(32)42/h3-22H,1H2,2H3/b5-4-,23-14+. The SMILES string of the molecule is C=C/C=C\C=C(/C)c1nc(-n2c3ccccc3c3c4ccccc4c4c5ccccc5sc4c32)nc2c1sc1ccccc12. The first-order valence-electron chi connectivity index (χ1n) is 14.6. The Balaban J connectivity index is 1.51. The Bertz CT molecular complexity index is 2700. The van der Waals surface area contributed by atoms with Gasteiger partial charge in [0.05, 0.1) is 31.6 Å². The number of thiophene rings is 2. The van der Waals surface area contributed by atoms with Crippen LogP contribution in [0.4, 0.5) is 0 Å². The fourth-order valence-electron chi connectivity index (χ4n) is 6.64. The lowest BCUT2D eigenvalue weighted by Crippen LogP contribution is -2.04. The van der Waals surface area contributed by atoms with Gasteiger partial charge in [0.15, 0.2) is 0 Å². The fourth-order valence-corrected chi connectivity index (χ4v) is 9.09. The van der Waals surface area contributed by atoms with Gasteiger partial charge < -0.3 is 0 Å². The van der Waals surface area contributed by atoms with Crippen LogP contribution in [-0.4, -0.2) is 14.5 Å². The molecule has 4 aromatic heterocycles. The van der Waals surface area contributed by atoms with Crippen molar-refractivity contribution in [3.8, 4) is 5.95 Å². The minimum atomic E-state index is 0.691. The molecule has 0 aliphatic rings. The van der Waals surface area contributed by atoms with E-state index in [1.165, 1.54) is 51.9 Å². The highest BCUT2D eigenvalue weighted by Gasteiger charge is 2.24. The summed E-state index contributed by atoms with van der Waals surface area (Å²) in [7, 11) is 0. The topological polar surface area (TPSA) is 30.7 Å². The summed E-state index contributed by atoms with van der Waals surface area (Å²) in [6, 6.07) is 34.8. The Morgan fingerprint density at radius 1 is 0.659 bits per heavy atom. The van der Waals surface area contributed by atoms with E-state index in [2.05, 4.69) is 121 Å². The molecule has 208 valence electrons. The van der Waals surface area contributed by atoms with Gasteiger partial charge in [-0.15, -0.1) is 22.7 Å². The van der Waals surface area contributed by atoms with E-state index in [9.17, 15) is 0 Å². The number of nitrogens with zero attached hydrogens (tertiary/aromatic N) is 3. The Morgan fingerprint density at radius 3 is 2.05 bits per heavy atom. The summed E-state index contributed by atoms with van der Waals surface area (Å²) >= 11 is 3.62. The van der Waals surface area contributed by atoms with Crippen molar-refractivity contribution in [1.82, 2.24) is 14.5 Å². The molecule has 0 spiro atoms. The third-order valence-corrected chi connectivity index (χ3v) is 10.9. The lowest BCUT2D eigenvalue weighted by molar-refractivity contribution is 1.01. The van der Waals surface area contributed by atoms with Crippen LogP contribution in [0, 0.1) is 0 Å². The highest BCUT2D eigenvalue weighted by atomic mass is 32.1. The molecule has 5 aromatic carbocycles. The molecule has 0 atom stereocenters. The molecule has 0 amide bonds. The summed E-state index contributed by atoms with van der Waals surface area (Å²) in [5, 5.41) is 8.73. The lowest BCUT2D eigenvalue weighted by Gasteiger charge is -2.11. The van der Waals surface area contributed by atoms with Crippen LogP contribution in [0.5, 0.6) is 0 Å². The number of hydrogen-bond donors (Lipinski definition) is 0. The van der Waals surface area contributed by atoms with Gasteiger partial charge in [-0.05, 0) is 41.5 Å². The van der Waals surface area contributed by atoms with Crippen LogP contribution in [0.1, 0.15) is 12.6 Å². The van der Waals surface area contributed by atoms with E-state index in [-0.39, 0.29) is 0 Å². The van der Waals surface area contributed by atoms with Crippen LogP contribution in [0.15, 0.2) is 128 Å². The van der Waals surface area contributed by atoms with E-state index in [1.54, 1.807) is 17.4 Å². The molecule has 0 bridgehead atoms. The van der Waals surface area contributed by atoms with E-state index >= 15 is 0 Å². The maximum Gasteiger partial charge on any atom is 0.235 e. The molecule has 0 aliphatic heterocycles. The Hall–Kier alpha value is -5.10. The second kappa shape index (κ2) is 9.71. The molecule has 0 saturated carbocycles. The minimum Gasteiger partial charge on any atom is -0.276 e. The zero-order valence-corrected chi connectivity index (χ0v) is 25.5. The van der Waals surface area contributed by atoms with Crippen LogP contribution in [0.2, 0.25) is 0 Å². The molecule has 0 saturated heterocycles. The predicted molar refractivity (Wildman–Crippen MR) is 193 cm³/mol. The smallest absolute Gasteiger partial charge is 0.235 e. The summed E-state index contributed by atoms with van der Waals surface area (Å²) in [4.78, 5) is 10.8. The van der Waals surface area contributed by atoms with Crippen molar-refractivity contribution in [1.29, 1.82) is 0 Å². The first kappa shape index (κ1) is 25.4. The summed E-state index contributed by atoms with van der Waals surface area (Å²) in [6.07, 6.45) is 7.88. The zero-order valence-electron chi connectivity index (χ0n) is 23.9. The van der Waals surface area contributed by atoms with E-state index in [0.29, 0.717) is 5.95 Å². The fraction of sp³-hybridized carbons (Fsp3) is 0.0256. The molecule has 9 rings (SSSR count). The molecule has 0 unspecified atom stereocenters. The molecule has 0 aliphatic carbocycles. The van der Waals surface area contributed by atoms with E-state index in [1.807, 2.05) is 23.5 Å². The first-order valence-corrected chi connectivity index (χ1v) is 16.3. The molecule has 4 heterocycles. The van der Waals surface area contributed by atoms with Gasteiger partial charge in [-0.25, -0.2) is 9.97 Å². The van der Waals surface area contributed by atoms with Crippen LogP contribution in [0.25, 0.3) is 84.6 Å². The number of benzene rings is 5. The van der Waals surface area contributed by atoms with Crippen molar-refractivity contribution in [2.24, 2.45) is 0 Å². The van der Waals surface area contributed by atoms with E-state index < -0.39 is 0 Å². The average Bonchev–Trinajstić information content (AvgIpc) is 3.74. The van der Waals surface area contributed by atoms with Crippen molar-refractivity contribution >= 4 is 101 Å². The van der Waals surface area contributed by atoms with Crippen molar-refractivity contribution in [3.63, 3.8) is 0 Å². The van der Waals surface area contributed by atoms with Gasteiger partial charge in [0.1, 0.15) is 0 Å². The normalized spacial score (nSPS) is 12.8. The predicted octanol–water partition coefficient (Wildman–Crippen LogP) is 11.6. The molecule has 0 radical (unpaired) electrons. The van der Waals surface area contributed by atoms with Crippen LogP contribution in [-0.2, 0) is 0 Å². The van der Waals surface area contributed by atoms with Gasteiger partial charge in [-0.3, -0.25) is 4.57 Å². The van der Waals surface area contributed by atoms with Gasteiger partial charge in [0, 0.05) is 36.3 Å². The number of rotatable bonds is 4. The molecule has 44 heavy (non-hydrogen) atoms. The lowest BCUT2D eigenvalue weighted by atomic mass is 9.99. The molecular formula is C39H25N3S2. The highest BCUT2D eigenvalue weighted by Crippen LogP contribution is 2.48. The van der Waals surface area contributed by atoms with Crippen molar-refractivity contribution < 1.29 is 0 Å². The maximum atomic E-state index is 5.40. The number of aromatic nitrogens is 3. The van der Waals surface area contributed by atoms with E-state index in [0.717, 1.165) is 32.4 Å². The van der Waals surface area contributed by atoms with Crippen molar-refractivity contribution in [2.75, 3.05) is 0 Å². The zero-order chi connectivity index (χ0) is 29.4. The monoisotopic (exact) mass is 599 g/mol. The average molecular weight is 600 g/mol. The Kier molecular flexibility index (Phi) is 5.61. The molecule has 3 nitrogen and oxygen atoms in total. The molecule has 0 fully saturated rings. The highest BCUT2D eigenvalue weighted by molar-refractivity contribution is 7.27. The van der Waals surface area contributed by atoms with Crippen LogP contribution >= 0.6 is 22.7 Å². The van der Waals surface area contributed by atoms with Gasteiger partial charge in [-0.1, -0.05) is 110 Å². The third kappa shape index (κ3) is 3.54. The summed E-state index contributed by atoms with van der Waals surface area (Å²) in [5.74, 6) is 0.691. The number of para-hydroxylation sites is 1. The van der Waals surface area contributed by atoms with Gasteiger partial charge in [0.2, 0.25) is 5.95 Å². The van der Waals surface area contributed by atoms with Gasteiger partial charge in [0.25, 0.3) is 0 Å². The van der Waals surface area contributed by atoms with Gasteiger partial charge in [-0.2, -0.15) is 0 Å². The van der Waals surface area contributed by atoms with Crippen molar-refractivity contribution in [3.05, 3.63) is 134 Å². The van der Waals surface area contributed by atoms with E-state index in [4.69, 9.17) is 9.97 Å². The molecule has 0 N–H and O–H groups in total. The third-order valence-electron chi connectivity index (χ3n) is 8.53. The summed E-state index contributed by atoms with van der Waals surface area (Å²) < 4.78 is 7.18. The Labute approximate surface area is 261 Å². The Morgan fingerprint density at radius 2 is 1.27 bits per heavy atom. The van der Waals surface area contributed by atoms with Crippen LogP contribution < -0.4 is 0 Å². The van der Waals surface area contributed by atoms with Crippen molar-refractivity contribution in [2.45, 2.75) is 6.92 Å². The molecule has 5 heteroatoms. The number of allylic oxidation sites excluding steroid dienone is 5. The largest absolute Gasteiger partial charge is 0.276 e. The summed E-state index contributed by atoms with van der Waals surface area (Å²) in [6.45, 7) is 5.97. The quantitative estimate of drug-likeness (QED) is 0.188. The van der Waals surface area contributed by atoms with Crippen LogP contribution in [0.3, 0.4) is 0 Å². The number of hydrogen-bond acceptors (Lipinski definition) is 4. The second-order valence-electron chi connectivity index (χ2n) is 11.0. The minimum absolute atomic E-state index is 0.691.